The predicted octanol–water partition coefficient (Wildman–Crippen LogP) is 4.13. The van der Waals surface area contributed by atoms with Crippen LogP contribution in [0.2, 0.25) is 0 Å². The lowest BCUT2D eigenvalue weighted by Gasteiger charge is -2.15. The average molecular weight is 255 g/mol. The van der Waals surface area contributed by atoms with Gasteiger partial charge in [-0.2, -0.15) is 0 Å². The quantitative estimate of drug-likeness (QED) is 0.787. The van der Waals surface area contributed by atoms with Crippen LogP contribution in [0, 0.1) is 6.92 Å². The monoisotopic (exact) mass is 255 g/mol. The van der Waals surface area contributed by atoms with Gasteiger partial charge in [-0.05, 0) is 56.5 Å². The van der Waals surface area contributed by atoms with E-state index in [1.165, 1.54) is 11.1 Å². The maximum absolute atomic E-state index is 9.24. The maximum atomic E-state index is 9.24. The number of phenolic OH excluding ortho intramolecular Hbond substituents is 1. The second kappa shape index (κ2) is 6.28. The predicted molar refractivity (Wildman–Crippen MR) is 80.7 cm³/mol. The number of hydrogen-bond donors (Lipinski definition) is 2. The normalized spacial score (nSPS) is 12.1. The molecule has 0 radical (unpaired) electrons. The van der Waals surface area contributed by atoms with Crippen molar-refractivity contribution in [1.29, 1.82) is 0 Å². The zero-order chi connectivity index (χ0) is 13.7. The van der Waals surface area contributed by atoms with Crippen LogP contribution in [-0.2, 0) is 6.42 Å². The standard InChI is InChI=1S/C17H21NO/c1-13-4-3-5-15(12-13)7-6-14(2)18-16-8-10-17(19)11-9-16/h3-5,8-12,14,18-19H,6-7H2,1-2H3. The van der Waals surface area contributed by atoms with E-state index in [0.717, 1.165) is 18.5 Å². The van der Waals surface area contributed by atoms with Crippen molar-refractivity contribution in [2.24, 2.45) is 0 Å². The molecule has 2 nitrogen and oxygen atoms in total. The molecule has 0 fully saturated rings. The highest BCUT2D eigenvalue weighted by atomic mass is 16.3. The van der Waals surface area contributed by atoms with Gasteiger partial charge in [0.1, 0.15) is 5.75 Å². The Bertz CT molecular complexity index is 519. The Labute approximate surface area is 115 Å². The van der Waals surface area contributed by atoms with E-state index in [4.69, 9.17) is 0 Å². The molecule has 0 amide bonds. The van der Waals surface area contributed by atoms with Crippen LogP contribution in [-0.4, -0.2) is 11.1 Å². The smallest absolute Gasteiger partial charge is 0.115 e. The summed E-state index contributed by atoms with van der Waals surface area (Å²) in [5, 5.41) is 12.7. The van der Waals surface area contributed by atoms with Gasteiger partial charge in [-0.15, -0.1) is 0 Å². The van der Waals surface area contributed by atoms with E-state index >= 15 is 0 Å². The van der Waals surface area contributed by atoms with Crippen LogP contribution in [0.1, 0.15) is 24.5 Å². The van der Waals surface area contributed by atoms with Gasteiger partial charge in [-0.1, -0.05) is 29.8 Å². The van der Waals surface area contributed by atoms with Gasteiger partial charge in [0.25, 0.3) is 0 Å². The lowest BCUT2D eigenvalue weighted by atomic mass is 10.0. The zero-order valence-corrected chi connectivity index (χ0v) is 11.6. The third-order valence-corrected chi connectivity index (χ3v) is 3.23. The van der Waals surface area contributed by atoms with Crippen LogP contribution in [0.15, 0.2) is 48.5 Å². The molecule has 0 aliphatic rings. The fraction of sp³-hybridized carbons (Fsp3) is 0.294. The lowest BCUT2D eigenvalue weighted by Crippen LogP contribution is -2.15. The van der Waals surface area contributed by atoms with Gasteiger partial charge in [0.2, 0.25) is 0 Å². The number of anilines is 1. The SMILES string of the molecule is Cc1cccc(CCC(C)Nc2ccc(O)cc2)c1. The van der Waals surface area contributed by atoms with Gasteiger partial charge in [-0.25, -0.2) is 0 Å². The molecular weight excluding hydrogens is 234 g/mol. The highest BCUT2D eigenvalue weighted by molar-refractivity contribution is 5.46. The molecule has 2 rings (SSSR count). The highest BCUT2D eigenvalue weighted by Gasteiger charge is 2.03. The summed E-state index contributed by atoms with van der Waals surface area (Å²) in [5.74, 6) is 0.304. The largest absolute Gasteiger partial charge is 0.508 e. The van der Waals surface area contributed by atoms with Crippen molar-refractivity contribution in [2.75, 3.05) is 5.32 Å². The van der Waals surface area contributed by atoms with Gasteiger partial charge in [0, 0.05) is 11.7 Å². The molecule has 0 bridgehead atoms. The molecule has 2 aromatic rings. The first-order chi connectivity index (χ1) is 9.13. The number of aryl methyl sites for hydroxylation is 2. The molecule has 0 aromatic heterocycles. The van der Waals surface area contributed by atoms with Crippen LogP contribution in [0.4, 0.5) is 5.69 Å². The number of phenols is 1. The van der Waals surface area contributed by atoms with Crippen LogP contribution < -0.4 is 5.32 Å². The Morgan fingerprint density at radius 2 is 1.84 bits per heavy atom. The average Bonchev–Trinajstić information content (AvgIpc) is 2.39. The summed E-state index contributed by atoms with van der Waals surface area (Å²) in [4.78, 5) is 0. The summed E-state index contributed by atoms with van der Waals surface area (Å²) >= 11 is 0. The topological polar surface area (TPSA) is 32.3 Å². The van der Waals surface area contributed by atoms with E-state index in [0.29, 0.717) is 11.8 Å². The van der Waals surface area contributed by atoms with Gasteiger partial charge >= 0.3 is 0 Å². The summed E-state index contributed by atoms with van der Waals surface area (Å²) in [6.07, 6.45) is 2.16. The number of rotatable bonds is 5. The summed E-state index contributed by atoms with van der Waals surface area (Å²) < 4.78 is 0. The first kappa shape index (κ1) is 13.5. The third-order valence-electron chi connectivity index (χ3n) is 3.23. The Balaban J connectivity index is 1.84. The van der Waals surface area contributed by atoms with Crippen molar-refractivity contribution in [3.05, 3.63) is 59.7 Å². The number of hydrogen-bond acceptors (Lipinski definition) is 2. The van der Waals surface area contributed by atoms with E-state index in [-0.39, 0.29) is 0 Å². The first-order valence-corrected chi connectivity index (χ1v) is 6.74. The van der Waals surface area contributed by atoms with Crippen molar-refractivity contribution in [3.8, 4) is 5.75 Å². The second-order valence-electron chi connectivity index (χ2n) is 5.12. The van der Waals surface area contributed by atoms with Crippen molar-refractivity contribution >= 4 is 5.69 Å². The van der Waals surface area contributed by atoms with Crippen molar-refractivity contribution in [2.45, 2.75) is 32.7 Å². The van der Waals surface area contributed by atoms with Crippen molar-refractivity contribution in [3.63, 3.8) is 0 Å². The molecule has 0 spiro atoms. The third kappa shape index (κ3) is 4.32. The summed E-state index contributed by atoms with van der Waals surface area (Å²) in [6, 6.07) is 16.3. The van der Waals surface area contributed by atoms with E-state index < -0.39 is 0 Å². The molecular formula is C17H21NO. The van der Waals surface area contributed by atoms with Crippen molar-refractivity contribution < 1.29 is 5.11 Å². The lowest BCUT2D eigenvalue weighted by molar-refractivity contribution is 0.475. The van der Waals surface area contributed by atoms with Crippen molar-refractivity contribution in [1.82, 2.24) is 0 Å². The molecule has 2 heteroatoms. The highest BCUT2D eigenvalue weighted by Crippen LogP contribution is 2.16. The van der Waals surface area contributed by atoms with E-state index in [1.54, 1.807) is 12.1 Å². The molecule has 0 saturated heterocycles. The van der Waals surface area contributed by atoms with Gasteiger partial charge in [-0.3, -0.25) is 0 Å². The molecule has 1 unspecified atom stereocenters. The van der Waals surface area contributed by atoms with E-state index in [1.807, 2.05) is 12.1 Å². The molecule has 2 aromatic carbocycles. The maximum Gasteiger partial charge on any atom is 0.115 e. The summed E-state index contributed by atoms with van der Waals surface area (Å²) in [7, 11) is 0. The zero-order valence-electron chi connectivity index (χ0n) is 11.6. The number of aromatic hydroxyl groups is 1. The number of benzene rings is 2. The molecule has 0 aliphatic heterocycles. The summed E-state index contributed by atoms with van der Waals surface area (Å²) in [5.41, 5.74) is 3.76. The summed E-state index contributed by atoms with van der Waals surface area (Å²) in [6.45, 7) is 4.31. The Morgan fingerprint density at radius 3 is 2.53 bits per heavy atom. The van der Waals surface area contributed by atoms with E-state index in [9.17, 15) is 5.11 Å². The van der Waals surface area contributed by atoms with Crippen LogP contribution in [0.3, 0.4) is 0 Å². The minimum absolute atomic E-state index is 0.304. The fourth-order valence-electron chi connectivity index (χ4n) is 2.17. The van der Waals surface area contributed by atoms with Crippen LogP contribution in [0.5, 0.6) is 5.75 Å². The van der Waals surface area contributed by atoms with Gasteiger partial charge < -0.3 is 10.4 Å². The van der Waals surface area contributed by atoms with Gasteiger partial charge in [0.05, 0.1) is 0 Å². The molecule has 2 N–H and O–H groups in total. The van der Waals surface area contributed by atoms with Gasteiger partial charge in [0.15, 0.2) is 0 Å². The van der Waals surface area contributed by atoms with Crippen LogP contribution >= 0.6 is 0 Å². The Kier molecular flexibility index (Phi) is 4.45. The molecule has 19 heavy (non-hydrogen) atoms. The fourth-order valence-corrected chi connectivity index (χ4v) is 2.17. The molecule has 1 atom stereocenters. The molecule has 0 aliphatic carbocycles. The molecule has 0 heterocycles. The van der Waals surface area contributed by atoms with Crippen LogP contribution in [0.25, 0.3) is 0 Å². The molecule has 0 saturated carbocycles. The van der Waals surface area contributed by atoms with E-state index in [2.05, 4.69) is 43.4 Å². The minimum atomic E-state index is 0.304. The molecule has 100 valence electrons. The Morgan fingerprint density at radius 1 is 1.11 bits per heavy atom. The Hall–Kier alpha value is -1.96. The second-order valence-corrected chi connectivity index (χ2v) is 5.12. The number of nitrogens with one attached hydrogen (secondary N) is 1. The first-order valence-electron chi connectivity index (χ1n) is 6.74. The minimum Gasteiger partial charge on any atom is -0.508 e.